The lowest BCUT2D eigenvalue weighted by molar-refractivity contribution is -0.144. The predicted octanol–water partition coefficient (Wildman–Crippen LogP) is 0.750. The number of carbonyl (C=O) groups is 2. The third-order valence-corrected chi connectivity index (χ3v) is 6.50. The number of carbonyl (C=O) groups excluding carboxylic acids is 2. The fourth-order valence-corrected chi connectivity index (χ4v) is 5.47. The first-order valence-electron chi connectivity index (χ1n) is 9.40. The summed E-state index contributed by atoms with van der Waals surface area (Å²) in [6, 6.07) is 8.26. The Kier molecular flexibility index (Phi) is 3.40. The molecule has 2 N–H and O–H groups in total. The lowest BCUT2D eigenvalue weighted by Gasteiger charge is -2.39. The molecule has 0 unspecified atom stereocenters. The number of fused-ring (bicyclic) bond motifs is 4. The molecular weight excluding hydrogens is 316 g/mol. The van der Waals surface area contributed by atoms with Crippen LogP contribution in [-0.4, -0.2) is 60.4 Å². The van der Waals surface area contributed by atoms with Crippen LogP contribution in [0.5, 0.6) is 0 Å². The van der Waals surface area contributed by atoms with E-state index in [1.165, 1.54) is 0 Å². The normalized spacial score (nSPS) is 34.2. The van der Waals surface area contributed by atoms with Crippen LogP contribution in [0, 0.1) is 5.92 Å². The van der Waals surface area contributed by atoms with Crippen molar-refractivity contribution >= 4 is 17.5 Å². The average Bonchev–Trinajstić information content (AvgIpc) is 3.30. The van der Waals surface area contributed by atoms with Gasteiger partial charge >= 0.3 is 0 Å². The summed E-state index contributed by atoms with van der Waals surface area (Å²) in [7, 11) is 0. The highest BCUT2D eigenvalue weighted by Gasteiger charge is 2.65. The topological polar surface area (TPSA) is 64.7 Å². The Morgan fingerprint density at radius 2 is 1.96 bits per heavy atom. The fourth-order valence-electron chi connectivity index (χ4n) is 5.47. The number of hydrogen-bond acceptors (Lipinski definition) is 4. The minimum Gasteiger partial charge on any atom is -0.340 e. The highest BCUT2D eigenvalue weighted by atomic mass is 16.2. The number of nitrogens with one attached hydrogen (secondary N) is 2. The second kappa shape index (κ2) is 5.54. The summed E-state index contributed by atoms with van der Waals surface area (Å²) >= 11 is 0. The highest BCUT2D eigenvalue weighted by Crippen LogP contribution is 2.55. The summed E-state index contributed by atoms with van der Waals surface area (Å²) < 4.78 is 0. The number of rotatable bonds is 1. The first-order chi connectivity index (χ1) is 12.2. The molecule has 5 rings (SSSR count). The lowest BCUT2D eigenvalue weighted by Crippen LogP contribution is -2.57. The average molecular weight is 340 g/mol. The largest absolute Gasteiger partial charge is 0.340 e. The first kappa shape index (κ1) is 15.3. The van der Waals surface area contributed by atoms with Crippen LogP contribution >= 0.6 is 0 Å². The van der Waals surface area contributed by atoms with E-state index in [9.17, 15) is 9.59 Å². The smallest absolute Gasteiger partial charge is 0.250 e. The van der Waals surface area contributed by atoms with Gasteiger partial charge in [-0.3, -0.25) is 14.5 Å². The van der Waals surface area contributed by atoms with E-state index in [2.05, 4.69) is 15.5 Å². The Hall–Kier alpha value is -1.92. The van der Waals surface area contributed by atoms with E-state index in [0.29, 0.717) is 6.04 Å². The molecule has 1 aromatic carbocycles. The van der Waals surface area contributed by atoms with Gasteiger partial charge in [-0.2, -0.15) is 0 Å². The first-order valence-corrected chi connectivity index (χ1v) is 9.40. The maximum absolute atomic E-state index is 13.4. The van der Waals surface area contributed by atoms with Gasteiger partial charge in [0.15, 0.2) is 0 Å². The van der Waals surface area contributed by atoms with Crippen molar-refractivity contribution in [3.8, 4) is 0 Å². The Balaban J connectivity index is 1.61. The van der Waals surface area contributed by atoms with Crippen LogP contribution < -0.4 is 10.6 Å². The Morgan fingerprint density at radius 3 is 2.80 bits per heavy atom. The van der Waals surface area contributed by atoms with Crippen LogP contribution in [0.25, 0.3) is 0 Å². The van der Waals surface area contributed by atoms with E-state index in [4.69, 9.17) is 0 Å². The lowest BCUT2D eigenvalue weighted by atomic mass is 9.78. The minimum atomic E-state index is -0.806. The van der Waals surface area contributed by atoms with Crippen LogP contribution in [0.15, 0.2) is 24.3 Å². The van der Waals surface area contributed by atoms with Gasteiger partial charge in [-0.25, -0.2) is 0 Å². The fraction of sp³-hybridized carbons (Fsp3) is 0.579. The third-order valence-electron chi connectivity index (χ3n) is 6.50. The summed E-state index contributed by atoms with van der Waals surface area (Å²) in [5.74, 6) is -0.131. The summed E-state index contributed by atoms with van der Waals surface area (Å²) in [5, 5.41) is 6.37. The third kappa shape index (κ3) is 1.98. The molecule has 2 amide bonds. The van der Waals surface area contributed by atoms with Crippen molar-refractivity contribution in [2.45, 2.75) is 30.8 Å². The van der Waals surface area contributed by atoms with E-state index < -0.39 is 5.54 Å². The number of piperazine rings is 1. The van der Waals surface area contributed by atoms with Gasteiger partial charge in [0.05, 0.1) is 5.92 Å². The van der Waals surface area contributed by atoms with Crippen molar-refractivity contribution in [1.82, 2.24) is 15.1 Å². The standard InChI is InChI=1S/C19H24N4O2/c24-17(22-10-7-20-8-11-22)15-12-13-4-3-9-23(13)19(15)14-5-1-2-6-16(14)21-18(19)25/h1-2,5-6,13,15,20H,3-4,7-12H2,(H,21,25)/t13-,15-,19+/m1/s1. The molecule has 6 nitrogen and oxygen atoms in total. The van der Waals surface area contributed by atoms with Crippen LogP contribution in [0.1, 0.15) is 24.8 Å². The Bertz CT molecular complexity index is 730. The molecule has 0 aromatic heterocycles. The van der Waals surface area contributed by atoms with E-state index in [1.54, 1.807) is 0 Å². The summed E-state index contributed by atoms with van der Waals surface area (Å²) in [6.07, 6.45) is 2.99. The molecule has 0 radical (unpaired) electrons. The maximum atomic E-state index is 13.4. The highest BCUT2D eigenvalue weighted by molar-refractivity contribution is 6.09. The molecule has 1 aromatic rings. The zero-order chi connectivity index (χ0) is 17.0. The van der Waals surface area contributed by atoms with Gasteiger partial charge in [-0.05, 0) is 31.9 Å². The predicted molar refractivity (Wildman–Crippen MR) is 94.0 cm³/mol. The van der Waals surface area contributed by atoms with Crippen molar-refractivity contribution < 1.29 is 9.59 Å². The van der Waals surface area contributed by atoms with Crippen molar-refractivity contribution in [3.05, 3.63) is 29.8 Å². The molecule has 3 fully saturated rings. The van der Waals surface area contributed by atoms with Gasteiger partial charge in [-0.15, -0.1) is 0 Å². The molecule has 3 atom stereocenters. The summed E-state index contributed by atoms with van der Waals surface area (Å²) in [4.78, 5) is 31.0. The van der Waals surface area contributed by atoms with Gasteiger partial charge in [0, 0.05) is 43.5 Å². The van der Waals surface area contributed by atoms with Gasteiger partial charge in [0.2, 0.25) is 11.8 Å². The van der Waals surface area contributed by atoms with Crippen LogP contribution in [0.4, 0.5) is 5.69 Å². The number of anilines is 1. The number of para-hydroxylation sites is 1. The van der Waals surface area contributed by atoms with E-state index in [1.807, 2.05) is 29.2 Å². The van der Waals surface area contributed by atoms with Gasteiger partial charge in [0.25, 0.3) is 0 Å². The van der Waals surface area contributed by atoms with Gasteiger partial charge < -0.3 is 15.5 Å². The van der Waals surface area contributed by atoms with E-state index >= 15 is 0 Å². The molecular formula is C19H24N4O2. The maximum Gasteiger partial charge on any atom is 0.250 e. The van der Waals surface area contributed by atoms with E-state index in [-0.39, 0.29) is 17.7 Å². The molecule has 0 saturated carbocycles. The van der Waals surface area contributed by atoms with Crippen LogP contribution in [0.3, 0.4) is 0 Å². The quantitative estimate of drug-likeness (QED) is 0.792. The monoisotopic (exact) mass is 340 g/mol. The SMILES string of the molecule is O=C([C@H]1C[C@H]2CCCN2[C@]12C(=O)Nc1ccccc12)N1CCNCC1. The molecule has 4 heterocycles. The number of hydrogen-bond donors (Lipinski definition) is 2. The van der Waals surface area contributed by atoms with Gasteiger partial charge in [0.1, 0.15) is 5.54 Å². The summed E-state index contributed by atoms with van der Waals surface area (Å²) in [6.45, 7) is 4.04. The Labute approximate surface area is 147 Å². The molecule has 0 aliphatic carbocycles. The van der Waals surface area contributed by atoms with Gasteiger partial charge in [-0.1, -0.05) is 18.2 Å². The molecule has 132 valence electrons. The minimum absolute atomic E-state index is 0.00779. The Morgan fingerprint density at radius 1 is 1.16 bits per heavy atom. The molecule has 0 bridgehead atoms. The molecule has 4 aliphatic rings. The molecule has 4 aliphatic heterocycles. The van der Waals surface area contributed by atoms with Crippen molar-refractivity contribution in [1.29, 1.82) is 0 Å². The number of nitrogens with zero attached hydrogens (tertiary/aromatic N) is 2. The van der Waals surface area contributed by atoms with Crippen molar-refractivity contribution in [3.63, 3.8) is 0 Å². The molecule has 6 heteroatoms. The zero-order valence-corrected chi connectivity index (χ0v) is 14.3. The second-order valence-electron chi connectivity index (χ2n) is 7.62. The number of amides is 2. The van der Waals surface area contributed by atoms with E-state index in [0.717, 1.165) is 63.2 Å². The molecule has 1 spiro atoms. The summed E-state index contributed by atoms with van der Waals surface area (Å²) in [5.41, 5.74) is 1.07. The molecule has 3 saturated heterocycles. The van der Waals surface area contributed by atoms with Crippen LogP contribution in [0.2, 0.25) is 0 Å². The zero-order valence-electron chi connectivity index (χ0n) is 14.3. The number of benzene rings is 1. The molecule has 25 heavy (non-hydrogen) atoms. The van der Waals surface area contributed by atoms with Crippen molar-refractivity contribution in [2.24, 2.45) is 5.92 Å². The van der Waals surface area contributed by atoms with Crippen LogP contribution in [-0.2, 0) is 15.1 Å². The second-order valence-corrected chi connectivity index (χ2v) is 7.62. The van der Waals surface area contributed by atoms with Crippen molar-refractivity contribution in [2.75, 3.05) is 38.0 Å².